The highest BCUT2D eigenvalue weighted by Crippen LogP contribution is 2.16. The Morgan fingerprint density at radius 3 is 0.985 bits per heavy atom. The number of carbonyl (C=O) groups excluding carboxylic acids is 3. The van der Waals surface area contributed by atoms with Crippen LogP contribution < -0.4 is 0 Å². The van der Waals surface area contributed by atoms with Gasteiger partial charge in [0, 0.05) is 19.3 Å². The number of allylic oxidation sites excluding steroid dienone is 12. The van der Waals surface area contributed by atoms with E-state index in [1.807, 2.05) is 6.08 Å². The summed E-state index contributed by atoms with van der Waals surface area (Å²) in [5, 5.41) is 0. The molecule has 0 rings (SSSR count). The molecule has 0 bridgehead atoms. The summed E-state index contributed by atoms with van der Waals surface area (Å²) in [6, 6.07) is 0. The minimum atomic E-state index is -0.802. The molecular weight excluding hydrogens is 841 g/mol. The number of rotatable bonds is 52. The normalized spacial score (nSPS) is 12.6. The smallest absolute Gasteiger partial charge is 0.306 e. The molecule has 0 aromatic carbocycles. The van der Waals surface area contributed by atoms with Crippen LogP contribution >= 0.6 is 0 Å². The lowest BCUT2D eigenvalue weighted by Gasteiger charge is -2.18. The molecular formula is C62H108O6. The van der Waals surface area contributed by atoms with Crippen molar-refractivity contribution in [2.45, 2.75) is 290 Å². The number of esters is 3. The van der Waals surface area contributed by atoms with E-state index >= 15 is 0 Å². The topological polar surface area (TPSA) is 78.9 Å². The Morgan fingerprint density at radius 2 is 0.603 bits per heavy atom. The van der Waals surface area contributed by atoms with Crippen molar-refractivity contribution in [2.24, 2.45) is 0 Å². The molecule has 0 aliphatic heterocycles. The fourth-order valence-corrected chi connectivity index (χ4v) is 8.13. The van der Waals surface area contributed by atoms with Gasteiger partial charge in [0.25, 0.3) is 0 Å². The summed E-state index contributed by atoms with van der Waals surface area (Å²) in [4.78, 5) is 38.1. The van der Waals surface area contributed by atoms with Crippen LogP contribution in [0.5, 0.6) is 0 Å². The molecule has 68 heavy (non-hydrogen) atoms. The average Bonchev–Trinajstić information content (AvgIpc) is 3.34. The maximum Gasteiger partial charge on any atom is 0.306 e. The van der Waals surface area contributed by atoms with E-state index in [1.54, 1.807) is 0 Å². The molecule has 0 heterocycles. The van der Waals surface area contributed by atoms with Crippen molar-refractivity contribution < 1.29 is 28.6 Å². The van der Waals surface area contributed by atoms with E-state index in [4.69, 9.17) is 14.2 Å². The van der Waals surface area contributed by atoms with Crippen LogP contribution in [0.2, 0.25) is 0 Å². The van der Waals surface area contributed by atoms with E-state index in [0.29, 0.717) is 19.3 Å². The van der Waals surface area contributed by atoms with Gasteiger partial charge in [-0.1, -0.05) is 261 Å². The van der Waals surface area contributed by atoms with Gasteiger partial charge in [-0.2, -0.15) is 0 Å². The van der Waals surface area contributed by atoms with Gasteiger partial charge in [-0.25, -0.2) is 0 Å². The van der Waals surface area contributed by atoms with Crippen molar-refractivity contribution in [3.63, 3.8) is 0 Å². The third-order valence-electron chi connectivity index (χ3n) is 12.5. The fraction of sp³-hybridized carbons (Fsp3) is 0.758. The van der Waals surface area contributed by atoms with Gasteiger partial charge in [0.05, 0.1) is 0 Å². The first-order chi connectivity index (χ1) is 33.5. The van der Waals surface area contributed by atoms with Crippen molar-refractivity contribution in [3.05, 3.63) is 72.9 Å². The summed E-state index contributed by atoms with van der Waals surface area (Å²) in [5.74, 6) is -0.970. The SMILES string of the molecule is CC/C=C/C/C=C/C/C=C/C/C=C/CCCCCCCCC(=O)OCC(COC(=O)CC/C=C/C/C=C/CCCCCCCC)OC(=O)CCCCCCCCCCCCCCCCCCCC. The minimum Gasteiger partial charge on any atom is -0.462 e. The molecule has 0 radical (unpaired) electrons. The van der Waals surface area contributed by atoms with Crippen molar-refractivity contribution in [3.8, 4) is 0 Å². The third-order valence-corrected chi connectivity index (χ3v) is 12.5. The zero-order valence-electron chi connectivity index (χ0n) is 44.9. The molecule has 0 spiro atoms. The quantitative estimate of drug-likeness (QED) is 0.0262. The Balaban J connectivity index is 4.41. The van der Waals surface area contributed by atoms with Crippen molar-refractivity contribution in [2.75, 3.05) is 13.2 Å². The van der Waals surface area contributed by atoms with Crippen LogP contribution in [0, 0.1) is 0 Å². The van der Waals surface area contributed by atoms with Gasteiger partial charge in [0.1, 0.15) is 13.2 Å². The zero-order chi connectivity index (χ0) is 49.3. The lowest BCUT2D eigenvalue weighted by molar-refractivity contribution is -0.166. The van der Waals surface area contributed by atoms with Crippen molar-refractivity contribution in [1.29, 1.82) is 0 Å². The molecule has 0 aromatic rings. The van der Waals surface area contributed by atoms with E-state index < -0.39 is 6.10 Å². The van der Waals surface area contributed by atoms with Gasteiger partial charge in [0.2, 0.25) is 0 Å². The molecule has 0 saturated carbocycles. The highest BCUT2D eigenvalue weighted by atomic mass is 16.6. The molecule has 0 aromatic heterocycles. The Bertz CT molecular complexity index is 1270. The first-order valence-corrected chi connectivity index (χ1v) is 28.9. The number of hydrogen-bond donors (Lipinski definition) is 0. The number of hydrogen-bond acceptors (Lipinski definition) is 6. The third kappa shape index (κ3) is 53.8. The lowest BCUT2D eigenvalue weighted by Crippen LogP contribution is -2.30. The van der Waals surface area contributed by atoms with E-state index in [1.165, 1.54) is 148 Å². The lowest BCUT2D eigenvalue weighted by atomic mass is 10.0. The molecule has 0 saturated heterocycles. The predicted molar refractivity (Wildman–Crippen MR) is 293 cm³/mol. The van der Waals surface area contributed by atoms with E-state index in [-0.39, 0.29) is 37.5 Å². The van der Waals surface area contributed by atoms with Gasteiger partial charge in [0.15, 0.2) is 6.10 Å². The highest BCUT2D eigenvalue weighted by Gasteiger charge is 2.19. The Morgan fingerprint density at radius 1 is 0.309 bits per heavy atom. The van der Waals surface area contributed by atoms with Crippen LogP contribution in [0.15, 0.2) is 72.9 Å². The van der Waals surface area contributed by atoms with Gasteiger partial charge < -0.3 is 14.2 Å². The van der Waals surface area contributed by atoms with Crippen LogP contribution in [0.3, 0.4) is 0 Å². The highest BCUT2D eigenvalue weighted by molar-refractivity contribution is 5.71. The van der Waals surface area contributed by atoms with Crippen molar-refractivity contribution in [1.82, 2.24) is 0 Å². The second kappa shape index (κ2) is 56.4. The van der Waals surface area contributed by atoms with Crippen LogP contribution in [-0.4, -0.2) is 37.2 Å². The maximum atomic E-state index is 12.9. The summed E-state index contributed by atoms with van der Waals surface area (Å²) in [7, 11) is 0. The van der Waals surface area contributed by atoms with Gasteiger partial charge in [-0.15, -0.1) is 0 Å². The number of carbonyl (C=O) groups is 3. The zero-order valence-corrected chi connectivity index (χ0v) is 44.9. The number of unbranched alkanes of at least 4 members (excludes halogenated alkanes) is 29. The Kier molecular flexibility index (Phi) is 53.8. The predicted octanol–water partition coefficient (Wildman–Crippen LogP) is 19.4. The molecule has 0 aliphatic carbocycles. The largest absolute Gasteiger partial charge is 0.462 e. The summed E-state index contributed by atoms with van der Waals surface area (Å²) >= 11 is 0. The maximum absolute atomic E-state index is 12.9. The van der Waals surface area contributed by atoms with Crippen LogP contribution in [0.1, 0.15) is 284 Å². The second-order valence-electron chi connectivity index (χ2n) is 19.2. The molecule has 1 unspecified atom stereocenters. The Labute approximate surface area is 421 Å². The van der Waals surface area contributed by atoms with E-state index in [0.717, 1.165) is 89.9 Å². The molecule has 6 heteroatoms. The molecule has 0 aliphatic rings. The van der Waals surface area contributed by atoms with Crippen molar-refractivity contribution >= 4 is 17.9 Å². The summed E-state index contributed by atoms with van der Waals surface area (Å²) in [6.45, 7) is 6.48. The standard InChI is InChI=1S/C62H108O6/c1-4-7-10-13-16-19-22-25-27-29-31-33-34-37-40-43-46-49-52-55-61(64)67-58-59(57-66-60(63)54-51-48-45-42-39-36-24-21-18-15-12-9-6-3)68-62(65)56-53-50-47-44-41-38-35-32-30-28-26-23-20-17-14-11-8-5-2/h7,10,16,19,25,27,31,33,36,39,45,48,59H,4-6,8-9,11-15,17-18,20-24,26,28-30,32,34-35,37-38,40-44,46-47,49-58H2,1-3H3/b10-7+,19-16+,27-25+,33-31+,39-36+,48-45+. The molecule has 0 amide bonds. The monoisotopic (exact) mass is 949 g/mol. The Hall–Kier alpha value is -3.15. The summed E-state index contributed by atoms with van der Waals surface area (Å²) < 4.78 is 16.8. The molecule has 1 atom stereocenters. The fourth-order valence-electron chi connectivity index (χ4n) is 8.13. The first-order valence-electron chi connectivity index (χ1n) is 28.9. The summed E-state index contributed by atoms with van der Waals surface area (Å²) in [6.07, 6.45) is 71.9. The van der Waals surface area contributed by atoms with Gasteiger partial charge >= 0.3 is 17.9 Å². The first kappa shape index (κ1) is 64.8. The van der Waals surface area contributed by atoms with E-state index in [2.05, 4.69) is 87.6 Å². The van der Waals surface area contributed by atoms with E-state index in [9.17, 15) is 14.4 Å². The summed E-state index contributed by atoms with van der Waals surface area (Å²) in [5.41, 5.74) is 0. The second-order valence-corrected chi connectivity index (χ2v) is 19.2. The number of ether oxygens (including phenoxy) is 3. The van der Waals surface area contributed by atoms with Crippen LogP contribution in [0.25, 0.3) is 0 Å². The van der Waals surface area contributed by atoms with Crippen LogP contribution in [0.4, 0.5) is 0 Å². The minimum absolute atomic E-state index is 0.0980. The molecule has 0 N–H and O–H groups in total. The molecule has 392 valence electrons. The van der Waals surface area contributed by atoms with Crippen LogP contribution in [-0.2, 0) is 28.6 Å². The molecule has 0 fully saturated rings. The van der Waals surface area contributed by atoms with Gasteiger partial charge in [-0.3, -0.25) is 14.4 Å². The van der Waals surface area contributed by atoms with Gasteiger partial charge in [-0.05, 0) is 77.0 Å². The molecule has 6 nitrogen and oxygen atoms in total. The average molecular weight is 950 g/mol.